The van der Waals surface area contributed by atoms with Gasteiger partial charge in [0.05, 0.1) is 13.2 Å². The van der Waals surface area contributed by atoms with E-state index < -0.39 is 11.9 Å². The number of hydrogen-bond acceptors (Lipinski definition) is 5. The van der Waals surface area contributed by atoms with Crippen molar-refractivity contribution in [3.05, 3.63) is 24.0 Å². The number of morpholine rings is 1. The number of nitrogens with zero attached hydrogens (tertiary/aromatic N) is 2. The molecule has 1 atom stereocenters. The number of aromatic hydroxyl groups is 1. The maximum absolute atomic E-state index is 12.5. The second-order valence-corrected chi connectivity index (χ2v) is 4.75. The van der Waals surface area contributed by atoms with Crippen LogP contribution in [0.1, 0.15) is 23.8 Å². The molecule has 21 heavy (non-hydrogen) atoms. The minimum atomic E-state index is -0.695. The summed E-state index contributed by atoms with van der Waals surface area (Å²) in [6.45, 7) is 3.30. The molecule has 0 bridgehead atoms. The molecule has 1 saturated heterocycles. The highest BCUT2D eigenvalue weighted by molar-refractivity contribution is 5.98. The van der Waals surface area contributed by atoms with E-state index in [1.165, 1.54) is 23.2 Å². The molecule has 1 aromatic rings. The van der Waals surface area contributed by atoms with Crippen LogP contribution >= 0.6 is 0 Å². The zero-order valence-corrected chi connectivity index (χ0v) is 11.9. The Morgan fingerprint density at radius 3 is 3.10 bits per heavy atom. The molecule has 0 saturated carbocycles. The van der Waals surface area contributed by atoms with Crippen LogP contribution in [0.4, 0.5) is 0 Å². The minimum Gasteiger partial charge on any atom is -0.505 e. The van der Waals surface area contributed by atoms with Crippen LogP contribution in [0.2, 0.25) is 0 Å². The minimum absolute atomic E-state index is 0.0484. The van der Waals surface area contributed by atoms with Gasteiger partial charge in [-0.1, -0.05) is 6.92 Å². The zero-order chi connectivity index (χ0) is 15.2. The van der Waals surface area contributed by atoms with Crippen molar-refractivity contribution in [2.24, 2.45) is 0 Å². The number of hydrogen-bond donors (Lipinski definition) is 2. The number of ether oxygens (including phenoxy) is 1. The third-order valence-corrected chi connectivity index (χ3v) is 3.23. The van der Waals surface area contributed by atoms with E-state index in [1.807, 2.05) is 6.92 Å². The summed E-state index contributed by atoms with van der Waals surface area (Å²) in [7, 11) is 0. The monoisotopic (exact) mass is 293 g/mol. The van der Waals surface area contributed by atoms with Gasteiger partial charge in [-0.25, -0.2) is 4.98 Å². The summed E-state index contributed by atoms with van der Waals surface area (Å²) >= 11 is 0. The van der Waals surface area contributed by atoms with Crippen LogP contribution < -0.4 is 5.32 Å². The lowest BCUT2D eigenvalue weighted by Gasteiger charge is -2.34. The third-order valence-electron chi connectivity index (χ3n) is 3.23. The molecule has 1 aliphatic heterocycles. The van der Waals surface area contributed by atoms with Gasteiger partial charge in [-0.05, 0) is 18.6 Å². The Hall–Kier alpha value is -2.15. The fraction of sp³-hybridized carbons (Fsp3) is 0.500. The number of rotatable bonds is 4. The van der Waals surface area contributed by atoms with Crippen LogP contribution in [0.5, 0.6) is 5.75 Å². The molecule has 1 aromatic heterocycles. The first-order valence-electron chi connectivity index (χ1n) is 6.95. The van der Waals surface area contributed by atoms with Crippen molar-refractivity contribution in [3.63, 3.8) is 0 Å². The summed E-state index contributed by atoms with van der Waals surface area (Å²) in [6, 6.07) is 2.24. The Balaban J connectivity index is 2.16. The summed E-state index contributed by atoms with van der Waals surface area (Å²) < 4.78 is 5.29. The van der Waals surface area contributed by atoms with Gasteiger partial charge in [0, 0.05) is 19.3 Å². The van der Waals surface area contributed by atoms with Gasteiger partial charge in [0.15, 0.2) is 5.69 Å². The molecule has 0 aromatic carbocycles. The maximum atomic E-state index is 12.5. The largest absolute Gasteiger partial charge is 0.505 e. The van der Waals surface area contributed by atoms with Crippen LogP contribution in [0, 0.1) is 0 Å². The summed E-state index contributed by atoms with van der Waals surface area (Å²) in [5, 5.41) is 12.5. The molecule has 1 fully saturated rings. The first-order valence-corrected chi connectivity index (χ1v) is 6.95. The van der Waals surface area contributed by atoms with Crippen molar-refractivity contribution in [1.29, 1.82) is 0 Å². The van der Waals surface area contributed by atoms with Crippen molar-refractivity contribution < 1.29 is 19.4 Å². The Bertz CT molecular complexity index is 521. The predicted molar refractivity (Wildman–Crippen MR) is 74.8 cm³/mol. The highest BCUT2D eigenvalue weighted by atomic mass is 16.5. The number of carbonyl (C=O) groups is 2. The first-order chi connectivity index (χ1) is 10.1. The van der Waals surface area contributed by atoms with Crippen LogP contribution in [-0.2, 0) is 9.53 Å². The molecule has 2 N–H and O–H groups in total. The Morgan fingerprint density at radius 1 is 1.57 bits per heavy atom. The molecule has 1 unspecified atom stereocenters. The van der Waals surface area contributed by atoms with Gasteiger partial charge in [-0.2, -0.15) is 0 Å². The van der Waals surface area contributed by atoms with Crippen LogP contribution in [0.15, 0.2) is 18.3 Å². The predicted octanol–water partition coefficient (Wildman–Crippen LogP) is 0.154. The highest BCUT2D eigenvalue weighted by Gasteiger charge is 2.34. The molecule has 1 aliphatic rings. The molecule has 7 heteroatoms. The van der Waals surface area contributed by atoms with Gasteiger partial charge in [-0.15, -0.1) is 0 Å². The molecule has 2 heterocycles. The van der Waals surface area contributed by atoms with Crippen molar-refractivity contribution in [2.45, 2.75) is 19.4 Å². The van der Waals surface area contributed by atoms with E-state index >= 15 is 0 Å². The summed E-state index contributed by atoms with van der Waals surface area (Å²) in [5.41, 5.74) is -0.0484. The quantitative estimate of drug-likeness (QED) is 0.825. The van der Waals surface area contributed by atoms with E-state index in [1.54, 1.807) is 0 Å². The molecule has 0 radical (unpaired) electrons. The van der Waals surface area contributed by atoms with Crippen molar-refractivity contribution >= 4 is 11.8 Å². The highest BCUT2D eigenvalue weighted by Crippen LogP contribution is 2.18. The lowest BCUT2D eigenvalue weighted by atomic mass is 10.1. The second-order valence-electron chi connectivity index (χ2n) is 4.75. The van der Waals surface area contributed by atoms with Gasteiger partial charge in [0.25, 0.3) is 5.91 Å². The van der Waals surface area contributed by atoms with Crippen LogP contribution in [-0.4, -0.2) is 59.1 Å². The van der Waals surface area contributed by atoms with Gasteiger partial charge >= 0.3 is 0 Å². The van der Waals surface area contributed by atoms with Crippen LogP contribution in [0.25, 0.3) is 0 Å². The van der Waals surface area contributed by atoms with E-state index in [4.69, 9.17) is 4.74 Å². The van der Waals surface area contributed by atoms with Gasteiger partial charge in [-0.3, -0.25) is 9.59 Å². The molecule has 2 rings (SSSR count). The first kappa shape index (κ1) is 15.2. The molecular formula is C14H19N3O4. The van der Waals surface area contributed by atoms with E-state index in [0.717, 1.165) is 6.42 Å². The van der Waals surface area contributed by atoms with E-state index in [9.17, 15) is 14.7 Å². The molecule has 2 amide bonds. The molecule has 7 nitrogen and oxygen atoms in total. The van der Waals surface area contributed by atoms with Gasteiger partial charge < -0.3 is 20.1 Å². The summed E-state index contributed by atoms with van der Waals surface area (Å²) in [4.78, 5) is 29.9. The number of carbonyl (C=O) groups excluding carboxylic acids is 2. The van der Waals surface area contributed by atoms with E-state index in [0.29, 0.717) is 19.7 Å². The second kappa shape index (κ2) is 7.03. The summed E-state index contributed by atoms with van der Waals surface area (Å²) in [5.74, 6) is -0.907. The van der Waals surface area contributed by atoms with E-state index in [2.05, 4.69) is 10.3 Å². The number of amides is 2. The molecule has 0 spiro atoms. The standard InChI is InChI=1S/C14H19N3O4/c1-2-5-16-13(19)10-9-21-8-7-17(10)14(20)12-11(18)4-3-6-15-12/h3-4,6,10,18H,2,5,7-9H2,1H3,(H,16,19). The Labute approximate surface area is 122 Å². The fourth-order valence-corrected chi connectivity index (χ4v) is 2.13. The normalized spacial score (nSPS) is 18.3. The fourth-order valence-electron chi connectivity index (χ4n) is 2.13. The zero-order valence-electron chi connectivity index (χ0n) is 11.9. The average molecular weight is 293 g/mol. The number of nitrogens with one attached hydrogen (secondary N) is 1. The van der Waals surface area contributed by atoms with Crippen molar-refractivity contribution in [3.8, 4) is 5.75 Å². The molecule has 0 aliphatic carbocycles. The van der Waals surface area contributed by atoms with Crippen molar-refractivity contribution in [1.82, 2.24) is 15.2 Å². The topological polar surface area (TPSA) is 91.8 Å². The average Bonchev–Trinajstić information content (AvgIpc) is 2.52. The van der Waals surface area contributed by atoms with E-state index in [-0.39, 0.29) is 24.0 Å². The Kier molecular flexibility index (Phi) is 5.10. The SMILES string of the molecule is CCCNC(=O)C1COCCN1C(=O)c1ncccc1O. The lowest BCUT2D eigenvalue weighted by molar-refractivity contribution is -0.130. The summed E-state index contributed by atoms with van der Waals surface area (Å²) in [6.07, 6.45) is 2.24. The molecule has 114 valence electrons. The van der Waals surface area contributed by atoms with Crippen molar-refractivity contribution in [2.75, 3.05) is 26.3 Å². The molecular weight excluding hydrogens is 274 g/mol. The Morgan fingerprint density at radius 2 is 2.38 bits per heavy atom. The number of pyridine rings is 1. The number of aromatic nitrogens is 1. The van der Waals surface area contributed by atoms with Gasteiger partial charge in [0.1, 0.15) is 11.8 Å². The lowest BCUT2D eigenvalue weighted by Crippen LogP contribution is -2.56. The maximum Gasteiger partial charge on any atom is 0.277 e. The van der Waals surface area contributed by atoms with Gasteiger partial charge in [0.2, 0.25) is 5.91 Å². The van der Waals surface area contributed by atoms with Crippen LogP contribution in [0.3, 0.4) is 0 Å². The third kappa shape index (κ3) is 3.49. The smallest absolute Gasteiger partial charge is 0.277 e.